The van der Waals surface area contributed by atoms with Crippen molar-refractivity contribution in [2.75, 3.05) is 37.7 Å². The molecule has 0 bridgehead atoms. The van der Waals surface area contributed by atoms with Gasteiger partial charge in [0.25, 0.3) is 0 Å². The number of amides is 2. The Morgan fingerprint density at radius 1 is 1.26 bits per heavy atom. The molecule has 2 aliphatic rings. The normalized spacial score (nSPS) is 25.5. The molecule has 126 valence electrons. The molecule has 2 amide bonds. The topological polar surface area (TPSA) is 35.6 Å². The molecule has 2 fully saturated rings. The number of benzene rings is 1. The van der Waals surface area contributed by atoms with Crippen LogP contribution >= 0.6 is 11.8 Å². The molecule has 2 saturated heterocycles. The Kier molecular flexibility index (Phi) is 5.84. The number of likely N-dealkylation sites (tertiary alicyclic amines) is 1. The van der Waals surface area contributed by atoms with Crippen LogP contribution in [-0.4, -0.2) is 59.6 Å². The van der Waals surface area contributed by atoms with Crippen LogP contribution in [0.5, 0.6) is 0 Å². The van der Waals surface area contributed by atoms with Crippen LogP contribution in [-0.2, 0) is 6.54 Å². The summed E-state index contributed by atoms with van der Waals surface area (Å²) in [5.41, 5.74) is 1.37. The van der Waals surface area contributed by atoms with Gasteiger partial charge in [0, 0.05) is 50.3 Å². The molecule has 5 heteroatoms. The van der Waals surface area contributed by atoms with E-state index in [2.05, 4.69) is 47.5 Å². The van der Waals surface area contributed by atoms with Gasteiger partial charge in [-0.25, -0.2) is 4.79 Å². The number of thioether (sulfide) groups is 1. The summed E-state index contributed by atoms with van der Waals surface area (Å²) >= 11 is 1.93. The van der Waals surface area contributed by atoms with Crippen LogP contribution in [0.1, 0.15) is 18.9 Å². The summed E-state index contributed by atoms with van der Waals surface area (Å²) < 4.78 is 0. The van der Waals surface area contributed by atoms with E-state index in [0.29, 0.717) is 12.0 Å². The highest BCUT2D eigenvalue weighted by Crippen LogP contribution is 2.24. The lowest BCUT2D eigenvalue weighted by Gasteiger charge is -2.27. The number of urea groups is 1. The van der Waals surface area contributed by atoms with Gasteiger partial charge in [0.15, 0.2) is 0 Å². The number of rotatable bonds is 4. The lowest BCUT2D eigenvalue weighted by Crippen LogP contribution is -2.45. The fourth-order valence-corrected chi connectivity index (χ4v) is 4.42. The molecule has 1 aromatic rings. The standard InChI is InChI=1S/C18H27N3OS/c1-15-11-17(12-19-18(22)20-7-9-23-10-8-20)14-21(15)13-16-5-3-2-4-6-16/h2-6,15,17H,7-14H2,1H3,(H,19,22)/t15-,17+/m1/s1. The van der Waals surface area contributed by atoms with Crippen molar-refractivity contribution in [3.8, 4) is 0 Å². The Labute approximate surface area is 143 Å². The maximum Gasteiger partial charge on any atom is 0.317 e. The average Bonchev–Trinajstić information content (AvgIpc) is 2.94. The molecule has 1 aromatic carbocycles. The summed E-state index contributed by atoms with van der Waals surface area (Å²) in [4.78, 5) is 16.7. The lowest BCUT2D eigenvalue weighted by atomic mass is 10.1. The molecule has 23 heavy (non-hydrogen) atoms. The number of hydrogen-bond acceptors (Lipinski definition) is 3. The number of nitrogens with one attached hydrogen (secondary N) is 1. The lowest BCUT2D eigenvalue weighted by molar-refractivity contribution is 0.200. The number of carbonyl (C=O) groups is 1. The molecule has 2 atom stereocenters. The van der Waals surface area contributed by atoms with Gasteiger partial charge in [-0.15, -0.1) is 0 Å². The predicted molar refractivity (Wildman–Crippen MR) is 96.7 cm³/mol. The van der Waals surface area contributed by atoms with Gasteiger partial charge in [-0.3, -0.25) is 4.90 Å². The summed E-state index contributed by atoms with van der Waals surface area (Å²) in [6.07, 6.45) is 1.17. The van der Waals surface area contributed by atoms with Crippen molar-refractivity contribution in [3.63, 3.8) is 0 Å². The number of nitrogens with zero attached hydrogens (tertiary/aromatic N) is 2. The van der Waals surface area contributed by atoms with Gasteiger partial charge < -0.3 is 10.2 Å². The maximum absolute atomic E-state index is 12.2. The Morgan fingerprint density at radius 3 is 2.74 bits per heavy atom. The fourth-order valence-electron chi connectivity index (χ4n) is 3.51. The minimum absolute atomic E-state index is 0.125. The molecule has 0 spiro atoms. The first kappa shape index (κ1) is 16.7. The highest BCUT2D eigenvalue weighted by atomic mass is 32.2. The summed E-state index contributed by atoms with van der Waals surface area (Å²) in [7, 11) is 0. The first-order valence-electron chi connectivity index (χ1n) is 8.61. The zero-order valence-corrected chi connectivity index (χ0v) is 14.7. The summed E-state index contributed by atoms with van der Waals surface area (Å²) in [5, 5.41) is 3.15. The largest absolute Gasteiger partial charge is 0.338 e. The summed E-state index contributed by atoms with van der Waals surface area (Å²) in [6.45, 7) is 6.96. The van der Waals surface area contributed by atoms with Crippen molar-refractivity contribution < 1.29 is 4.79 Å². The van der Waals surface area contributed by atoms with Crippen LogP contribution in [0.3, 0.4) is 0 Å². The van der Waals surface area contributed by atoms with E-state index in [4.69, 9.17) is 0 Å². The minimum atomic E-state index is 0.125. The third-order valence-electron chi connectivity index (χ3n) is 4.86. The van der Waals surface area contributed by atoms with Gasteiger partial charge in [-0.1, -0.05) is 30.3 Å². The van der Waals surface area contributed by atoms with Crippen molar-refractivity contribution in [3.05, 3.63) is 35.9 Å². The van der Waals surface area contributed by atoms with Crippen LogP contribution in [0.25, 0.3) is 0 Å². The van der Waals surface area contributed by atoms with Gasteiger partial charge in [-0.05, 0) is 24.8 Å². The molecule has 3 rings (SSSR count). The van der Waals surface area contributed by atoms with Crippen molar-refractivity contribution in [1.29, 1.82) is 0 Å². The van der Waals surface area contributed by atoms with E-state index in [0.717, 1.165) is 44.2 Å². The molecule has 0 aromatic heterocycles. The van der Waals surface area contributed by atoms with E-state index in [1.165, 1.54) is 12.0 Å². The smallest absolute Gasteiger partial charge is 0.317 e. The van der Waals surface area contributed by atoms with E-state index >= 15 is 0 Å². The first-order valence-corrected chi connectivity index (χ1v) is 9.76. The molecule has 0 unspecified atom stereocenters. The van der Waals surface area contributed by atoms with Crippen molar-refractivity contribution in [2.24, 2.45) is 5.92 Å². The molecule has 0 aliphatic carbocycles. The van der Waals surface area contributed by atoms with Gasteiger partial charge in [0.05, 0.1) is 0 Å². The third kappa shape index (κ3) is 4.64. The molecule has 2 aliphatic heterocycles. The zero-order valence-electron chi connectivity index (χ0n) is 13.9. The predicted octanol–water partition coefficient (Wildman–Crippen LogP) is 2.66. The van der Waals surface area contributed by atoms with Crippen molar-refractivity contribution in [1.82, 2.24) is 15.1 Å². The van der Waals surface area contributed by atoms with Gasteiger partial charge >= 0.3 is 6.03 Å². The molecule has 0 radical (unpaired) electrons. The second-order valence-electron chi connectivity index (χ2n) is 6.65. The number of carbonyl (C=O) groups excluding carboxylic acids is 1. The first-order chi connectivity index (χ1) is 11.2. The monoisotopic (exact) mass is 333 g/mol. The molecule has 2 heterocycles. The molecular formula is C18H27N3OS. The van der Waals surface area contributed by atoms with Gasteiger partial charge in [0.1, 0.15) is 0 Å². The van der Waals surface area contributed by atoms with Gasteiger partial charge in [0.2, 0.25) is 0 Å². The Morgan fingerprint density at radius 2 is 2.00 bits per heavy atom. The molecule has 4 nitrogen and oxygen atoms in total. The zero-order chi connectivity index (χ0) is 16.1. The van der Waals surface area contributed by atoms with E-state index < -0.39 is 0 Å². The fraction of sp³-hybridized carbons (Fsp3) is 0.611. The average molecular weight is 334 g/mol. The van der Waals surface area contributed by atoms with Crippen LogP contribution in [0.15, 0.2) is 30.3 Å². The second-order valence-corrected chi connectivity index (χ2v) is 7.88. The minimum Gasteiger partial charge on any atom is -0.338 e. The van der Waals surface area contributed by atoms with Crippen LogP contribution < -0.4 is 5.32 Å². The third-order valence-corrected chi connectivity index (χ3v) is 5.80. The van der Waals surface area contributed by atoms with Crippen LogP contribution in [0.4, 0.5) is 4.79 Å². The van der Waals surface area contributed by atoms with Crippen molar-refractivity contribution >= 4 is 17.8 Å². The highest BCUT2D eigenvalue weighted by molar-refractivity contribution is 7.99. The van der Waals surface area contributed by atoms with Crippen LogP contribution in [0, 0.1) is 5.92 Å². The quantitative estimate of drug-likeness (QED) is 0.920. The van der Waals surface area contributed by atoms with E-state index in [1.54, 1.807) is 0 Å². The number of hydrogen-bond donors (Lipinski definition) is 1. The Balaban J connectivity index is 1.44. The summed E-state index contributed by atoms with van der Waals surface area (Å²) in [5.74, 6) is 2.70. The Hall–Kier alpha value is -1.20. The highest BCUT2D eigenvalue weighted by Gasteiger charge is 2.29. The molecular weight excluding hydrogens is 306 g/mol. The molecule has 0 saturated carbocycles. The van der Waals surface area contributed by atoms with E-state index in [-0.39, 0.29) is 6.03 Å². The van der Waals surface area contributed by atoms with Gasteiger partial charge in [-0.2, -0.15) is 11.8 Å². The maximum atomic E-state index is 12.2. The van der Waals surface area contributed by atoms with Crippen molar-refractivity contribution in [2.45, 2.75) is 25.9 Å². The SMILES string of the molecule is C[C@@H]1C[C@@H](CNC(=O)N2CCSCC2)CN1Cc1ccccc1. The summed E-state index contributed by atoms with van der Waals surface area (Å²) in [6, 6.07) is 11.4. The van der Waals surface area contributed by atoms with Crippen LogP contribution in [0.2, 0.25) is 0 Å². The molecule has 1 N–H and O–H groups in total. The van der Waals surface area contributed by atoms with E-state index in [9.17, 15) is 4.79 Å². The second kappa shape index (κ2) is 8.06. The Bertz CT molecular complexity index is 504. The van der Waals surface area contributed by atoms with E-state index in [1.807, 2.05) is 16.7 Å².